The quantitative estimate of drug-likeness (QED) is 0.721. The Hall–Kier alpha value is -2.14. The summed E-state index contributed by atoms with van der Waals surface area (Å²) in [7, 11) is 1.60. The second-order valence-electron chi connectivity index (χ2n) is 4.93. The van der Waals surface area contributed by atoms with Crippen LogP contribution in [0.4, 0.5) is 0 Å². The molecule has 5 heteroatoms. The van der Waals surface area contributed by atoms with Gasteiger partial charge in [-0.15, -0.1) is 11.3 Å². The molecule has 2 aromatic heterocycles. The van der Waals surface area contributed by atoms with Gasteiger partial charge in [-0.3, -0.25) is 4.79 Å². The van der Waals surface area contributed by atoms with E-state index in [0.717, 1.165) is 10.6 Å². The molecule has 1 aromatic carbocycles. The highest BCUT2D eigenvalue weighted by molar-refractivity contribution is 7.09. The Morgan fingerprint density at radius 3 is 2.62 bits per heavy atom. The van der Waals surface area contributed by atoms with Crippen molar-refractivity contribution in [1.29, 1.82) is 0 Å². The summed E-state index contributed by atoms with van der Waals surface area (Å²) in [4.78, 5) is 17.2. The summed E-state index contributed by atoms with van der Waals surface area (Å²) in [6, 6.07) is 3.58. The molecule has 0 saturated carbocycles. The summed E-state index contributed by atoms with van der Waals surface area (Å²) in [5.41, 5.74) is 2.57. The van der Waals surface area contributed by atoms with Crippen LogP contribution in [-0.2, 0) is 0 Å². The second kappa shape index (κ2) is 5.00. The Morgan fingerprint density at radius 1 is 1.24 bits per heavy atom. The normalized spacial score (nSPS) is 11.0. The predicted octanol–water partition coefficient (Wildman–Crippen LogP) is 3.85. The van der Waals surface area contributed by atoms with Crippen molar-refractivity contribution in [2.45, 2.75) is 20.8 Å². The van der Waals surface area contributed by atoms with Crippen molar-refractivity contribution < 1.29 is 9.15 Å². The van der Waals surface area contributed by atoms with E-state index in [1.807, 2.05) is 25.3 Å². The third kappa shape index (κ3) is 2.23. The van der Waals surface area contributed by atoms with Gasteiger partial charge in [0.15, 0.2) is 0 Å². The maximum atomic E-state index is 12.8. The Kier molecular flexibility index (Phi) is 3.29. The number of methoxy groups -OCH3 is 1. The third-order valence-corrected chi connectivity index (χ3v) is 4.23. The first-order valence-electron chi connectivity index (χ1n) is 6.56. The average molecular weight is 301 g/mol. The maximum absolute atomic E-state index is 12.8. The molecular weight excluding hydrogens is 286 g/mol. The first-order chi connectivity index (χ1) is 10.0. The molecule has 3 rings (SSSR count). The molecule has 0 aliphatic heterocycles. The molecule has 0 spiro atoms. The predicted molar refractivity (Wildman–Crippen MR) is 84.4 cm³/mol. The topological polar surface area (TPSA) is 52.3 Å². The number of aromatic nitrogens is 1. The van der Waals surface area contributed by atoms with E-state index >= 15 is 0 Å². The first-order valence-corrected chi connectivity index (χ1v) is 7.43. The van der Waals surface area contributed by atoms with Crippen molar-refractivity contribution in [3.63, 3.8) is 0 Å². The van der Waals surface area contributed by atoms with Crippen LogP contribution in [-0.4, -0.2) is 12.1 Å². The Bertz CT molecular complexity index is 892. The zero-order chi connectivity index (χ0) is 15.1. The van der Waals surface area contributed by atoms with Crippen LogP contribution in [0.5, 0.6) is 5.75 Å². The monoisotopic (exact) mass is 301 g/mol. The summed E-state index contributed by atoms with van der Waals surface area (Å²) in [5.74, 6) is 1.25. The zero-order valence-corrected chi connectivity index (χ0v) is 13.1. The van der Waals surface area contributed by atoms with Crippen LogP contribution in [0.25, 0.3) is 22.2 Å². The van der Waals surface area contributed by atoms with Crippen LogP contribution in [0, 0.1) is 20.8 Å². The van der Waals surface area contributed by atoms with Gasteiger partial charge in [0.1, 0.15) is 17.1 Å². The summed E-state index contributed by atoms with van der Waals surface area (Å²) in [5, 5.41) is 3.40. The number of fused-ring (bicyclic) bond motifs is 1. The molecule has 4 nitrogen and oxygen atoms in total. The van der Waals surface area contributed by atoms with E-state index in [0.29, 0.717) is 33.7 Å². The van der Waals surface area contributed by atoms with Crippen molar-refractivity contribution in [3.05, 3.63) is 44.1 Å². The van der Waals surface area contributed by atoms with E-state index in [2.05, 4.69) is 4.98 Å². The number of aryl methyl sites for hydroxylation is 3. The average Bonchev–Trinajstić information content (AvgIpc) is 2.83. The van der Waals surface area contributed by atoms with Crippen molar-refractivity contribution in [2.75, 3.05) is 7.11 Å². The van der Waals surface area contributed by atoms with Crippen LogP contribution in [0.15, 0.2) is 26.7 Å². The maximum Gasteiger partial charge on any atom is 0.202 e. The van der Waals surface area contributed by atoms with Gasteiger partial charge in [-0.25, -0.2) is 4.98 Å². The van der Waals surface area contributed by atoms with E-state index in [1.165, 1.54) is 11.3 Å². The number of hydrogen-bond donors (Lipinski definition) is 0. The Morgan fingerprint density at radius 2 is 2.00 bits per heavy atom. The van der Waals surface area contributed by atoms with E-state index in [1.54, 1.807) is 20.1 Å². The van der Waals surface area contributed by atoms with Gasteiger partial charge in [0.05, 0.1) is 28.8 Å². The van der Waals surface area contributed by atoms with Gasteiger partial charge in [-0.1, -0.05) is 0 Å². The molecule has 0 atom stereocenters. The lowest BCUT2D eigenvalue weighted by atomic mass is 10.0. The fourth-order valence-electron chi connectivity index (χ4n) is 2.49. The molecule has 0 radical (unpaired) electrons. The standard InChI is InChI=1S/C16H15NO3S/c1-8-5-11(19-4)6-13-14(8)16(18)15(9(2)20-13)12-7-21-10(3)17-12/h5-7H,1-4H3. The van der Waals surface area contributed by atoms with Gasteiger partial charge in [-0.2, -0.15) is 0 Å². The number of benzene rings is 1. The lowest BCUT2D eigenvalue weighted by Crippen LogP contribution is -2.09. The van der Waals surface area contributed by atoms with E-state index in [9.17, 15) is 4.79 Å². The lowest BCUT2D eigenvalue weighted by molar-refractivity contribution is 0.414. The van der Waals surface area contributed by atoms with E-state index < -0.39 is 0 Å². The SMILES string of the molecule is COc1cc(C)c2c(=O)c(-c3csc(C)n3)c(C)oc2c1. The van der Waals surface area contributed by atoms with Crippen LogP contribution < -0.4 is 10.2 Å². The number of ether oxygens (including phenoxy) is 1. The van der Waals surface area contributed by atoms with Gasteiger partial charge >= 0.3 is 0 Å². The summed E-state index contributed by atoms with van der Waals surface area (Å²) >= 11 is 1.52. The van der Waals surface area contributed by atoms with E-state index in [-0.39, 0.29) is 5.43 Å². The first kappa shape index (κ1) is 13.8. The smallest absolute Gasteiger partial charge is 0.202 e. The van der Waals surface area contributed by atoms with Crippen LogP contribution in [0.2, 0.25) is 0 Å². The molecule has 0 fully saturated rings. The Balaban J connectivity index is 2.39. The Labute approximate surface area is 126 Å². The van der Waals surface area contributed by atoms with Crippen molar-refractivity contribution >= 4 is 22.3 Å². The fourth-order valence-corrected chi connectivity index (χ4v) is 3.09. The number of rotatable bonds is 2. The van der Waals surface area contributed by atoms with Crippen molar-refractivity contribution in [2.24, 2.45) is 0 Å². The fraction of sp³-hybridized carbons (Fsp3) is 0.250. The number of thiazole rings is 1. The molecule has 108 valence electrons. The zero-order valence-electron chi connectivity index (χ0n) is 12.3. The minimum atomic E-state index is -0.0424. The lowest BCUT2D eigenvalue weighted by Gasteiger charge is -2.08. The molecule has 21 heavy (non-hydrogen) atoms. The summed E-state index contributed by atoms with van der Waals surface area (Å²) in [6.07, 6.45) is 0. The molecule has 0 amide bonds. The van der Waals surface area contributed by atoms with E-state index in [4.69, 9.17) is 9.15 Å². The van der Waals surface area contributed by atoms with Gasteiger partial charge in [0, 0.05) is 11.4 Å². The van der Waals surface area contributed by atoms with Crippen LogP contribution in [0.1, 0.15) is 16.3 Å². The molecule has 0 bridgehead atoms. The molecule has 2 heterocycles. The molecular formula is C16H15NO3S. The largest absolute Gasteiger partial charge is 0.497 e. The van der Waals surface area contributed by atoms with Gasteiger partial charge in [0.2, 0.25) is 5.43 Å². The van der Waals surface area contributed by atoms with Gasteiger partial charge < -0.3 is 9.15 Å². The van der Waals surface area contributed by atoms with Crippen LogP contribution in [0.3, 0.4) is 0 Å². The second-order valence-corrected chi connectivity index (χ2v) is 5.99. The molecule has 0 aliphatic carbocycles. The third-order valence-electron chi connectivity index (χ3n) is 3.45. The molecule has 3 aromatic rings. The molecule has 0 saturated heterocycles. The van der Waals surface area contributed by atoms with Crippen LogP contribution >= 0.6 is 11.3 Å². The highest BCUT2D eigenvalue weighted by Gasteiger charge is 2.17. The number of hydrogen-bond acceptors (Lipinski definition) is 5. The molecule has 0 unspecified atom stereocenters. The summed E-state index contributed by atoms with van der Waals surface area (Å²) < 4.78 is 11.1. The molecule has 0 N–H and O–H groups in total. The van der Waals surface area contributed by atoms with Gasteiger partial charge in [-0.05, 0) is 32.4 Å². The highest BCUT2D eigenvalue weighted by Crippen LogP contribution is 2.28. The highest BCUT2D eigenvalue weighted by atomic mass is 32.1. The summed E-state index contributed by atoms with van der Waals surface area (Å²) in [6.45, 7) is 5.59. The minimum absolute atomic E-state index is 0.0424. The van der Waals surface area contributed by atoms with Gasteiger partial charge in [0.25, 0.3) is 0 Å². The van der Waals surface area contributed by atoms with Crippen molar-refractivity contribution in [1.82, 2.24) is 4.98 Å². The molecule has 0 aliphatic rings. The minimum Gasteiger partial charge on any atom is -0.497 e. The van der Waals surface area contributed by atoms with Crippen molar-refractivity contribution in [3.8, 4) is 17.0 Å². The number of nitrogens with zero attached hydrogens (tertiary/aromatic N) is 1.